The van der Waals surface area contributed by atoms with Crippen LogP contribution in [-0.4, -0.2) is 5.91 Å². The predicted octanol–water partition coefficient (Wildman–Crippen LogP) is 3.65. The molecule has 0 spiro atoms. The van der Waals surface area contributed by atoms with E-state index in [-0.39, 0.29) is 11.7 Å². The van der Waals surface area contributed by atoms with Crippen LogP contribution in [0.15, 0.2) is 40.9 Å². The first-order chi connectivity index (χ1) is 10.1. The minimum absolute atomic E-state index is 0.00224. The average molecular weight is 349 g/mol. The number of benzene rings is 2. The van der Waals surface area contributed by atoms with Gasteiger partial charge in [0.15, 0.2) is 0 Å². The first-order valence-electron chi connectivity index (χ1n) is 6.68. The molecule has 3 rings (SSSR count). The largest absolute Gasteiger partial charge is 0.398 e. The number of nitrogens with zero attached hydrogens (tertiary/aromatic N) is 1. The number of nitrogen functional groups attached to an aromatic ring is 1. The molecule has 0 aromatic heterocycles. The predicted molar refractivity (Wildman–Crippen MR) is 84.5 cm³/mol. The first kappa shape index (κ1) is 14.1. The molecule has 0 unspecified atom stereocenters. The van der Waals surface area contributed by atoms with E-state index in [9.17, 15) is 9.18 Å². The van der Waals surface area contributed by atoms with Crippen molar-refractivity contribution in [2.24, 2.45) is 0 Å². The highest BCUT2D eigenvalue weighted by molar-refractivity contribution is 9.10. The molecular formula is C16H14BrFN2O. The zero-order valence-corrected chi connectivity index (χ0v) is 12.9. The molecule has 2 N–H and O–H groups in total. The van der Waals surface area contributed by atoms with Crippen molar-refractivity contribution in [1.29, 1.82) is 0 Å². The number of hydrogen-bond donors (Lipinski definition) is 1. The fourth-order valence-corrected chi connectivity index (χ4v) is 2.97. The van der Waals surface area contributed by atoms with E-state index in [0.717, 1.165) is 15.6 Å². The lowest BCUT2D eigenvalue weighted by Crippen LogP contribution is -2.34. The van der Waals surface area contributed by atoms with E-state index in [2.05, 4.69) is 15.9 Å². The highest BCUT2D eigenvalue weighted by Crippen LogP contribution is 2.32. The highest BCUT2D eigenvalue weighted by Gasteiger charge is 2.25. The molecule has 2 aromatic carbocycles. The third-order valence-corrected chi connectivity index (χ3v) is 4.65. The Morgan fingerprint density at radius 3 is 2.86 bits per heavy atom. The van der Waals surface area contributed by atoms with E-state index in [0.29, 0.717) is 30.8 Å². The monoisotopic (exact) mass is 348 g/mol. The average Bonchev–Trinajstić information content (AvgIpc) is 2.46. The van der Waals surface area contributed by atoms with E-state index in [4.69, 9.17) is 5.73 Å². The van der Waals surface area contributed by atoms with Gasteiger partial charge in [0.05, 0.1) is 12.2 Å². The van der Waals surface area contributed by atoms with Crippen molar-refractivity contribution in [3.8, 4) is 0 Å². The molecule has 21 heavy (non-hydrogen) atoms. The summed E-state index contributed by atoms with van der Waals surface area (Å²) in [6.45, 7) is 0.376. The van der Waals surface area contributed by atoms with Crippen molar-refractivity contribution in [2.45, 2.75) is 19.4 Å². The molecule has 0 saturated carbocycles. The lowest BCUT2D eigenvalue weighted by atomic mass is 10.00. The van der Waals surface area contributed by atoms with Crippen molar-refractivity contribution < 1.29 is 9.18 Å². The molecule has 0 atom stereocenters. The maximum absolute atomic E-state index is 13.5. The van der Waals surface area contributed by atoms with Crippen molar-refractivity contribution >= 4 is 33.2 Å². The molecule has 1 heterocycles. The van der Waals surface area contributed by atoms with E-state index in [1.165, 1.54) is 12.1 Å². The number of amides is 1. The van der Waals surface area contributed by atoms with Crippen molar-refractivity contribution in [1.82, 2.24) is 0 Å². The Labute approximate surface area is 130 Å². The fraction of sp³-hybridized carbons (Fsp3) is 0.188. The van der Waals surface area contributed by atoms with Crippen LogP contribution in [0.1, 0.15) is 17.5 Å². The number of anilines is 2. The molecule has 108 valence electrons. The van der Waals surface area contributed by atoms with E-state index in [1.807, 2.05) is 12.1 Å². The summed E-state index contributed by atoms with van der Waals surface area (Å²) in [4.78, 5) is 13.9. The topological polar surface area (TPSA) is 46.3 Å². The molecule has 3 nitrogen and oxygen atoms in total. The summed E-state index contributed by atoms with van der Waals surface area (Å²) in [6.07, 6.45) is 1.10. The lowest BCUT2D eigenvalue weighted by Gasteiger charge is -2.30. The number of rotatable bonds is 2. The number of fused-ring (bicyclic) bond motifs is 1. The molecule has 5 heteroatoms. The Balaban J connectivity index is 2.00. The van der Waals surface area contributed by atoms with Gasteiger partial charge < -0.3 is 10.6 Å². The summed E-state index contributed by atoms with van der Waals surface area (Å²) in [5, 5.41) is 0. The Kier molecular flexibility index (Phi) is 3.68. The quantitative estimate of drug-likeness (QED) is 0.842. The van der Waals surface area contributed by atoms with Gasteiger partial charge in [-0.25, -0.2) is 4.39 Å². The van der Waals surface area contributed by atoms with Crippen molar-refractivity contribution in [3.05, 3.63) is 57.8 Å². The van der Waals surface area contributed by atoms with Crippen LogP contribution < -0.4 is 10.6 Å². The van der Waals surface area contributed by atoms with E-state index >= 15 is 0 Å². The molecule has 1 aliphatic rings. The number of nitrogens with two attached hydrogens (primary N) is 1. The van der Waals surface area contributed by atoms with Gasteiger partial charge in [-0.3, -0.25) is 4.79 Å². The van der Waals surface area contributed by atoms with Crippen LogP contribution in [0.3, 0.4) is 0 Å². The van der Waals surface area contributed by atoms with E-state index in [1.54, 1.807) is 17.0 Å². The van der Waals surface area contributed by atoms with E-state index < -0.39 is 0 Å². The normalized spacial score (nSPS) is 14.2. The summed E-state index contributed by atoms with van der Waals surface area (Å²) < 4.78 is 14.3. The van der Waals surface area contributed by atoms with Crippen molar-refractivity contribution in [2.75, 3.05) is 10.6 Å². The Hall–Kier alpha value is -1.88. The summed E-state index contributed by atoms with van der Waals surface area (Å²) >= 11 is 3.44. The molecule has 0 aliphatic carbocycles. The van der Waals surface area contributed by atoms with Gasteiger partial charge in [0.2, 0.25) is 5.91 Å². The zero-order valence-electron chi connectivity index (χ0n) is 11.3. The summed E-state index contributed by atoms with van der Waals surface area (Å²) in [5.74, 6) is -0.331. The fourth-order valence-electron chi connectivity index (χ4n) is 2.58. The van der Waals surface area contributed by atoms with Crippen LogP contribution in [0, 0.1) is 5.82 Å². The molecule has 2 aromatic rings. The summed E-state index contributed by atoms with van der Waals surface area (Å²) in [7, 11) is 0. The molecular weight excluding hydrogens is 335 g/mol. The van der Waals surface area contributed by atoms with Gasteiger partial charge in [0.1, 0.15) is 5.82 Å². The van der Waals surface area contributed by atoms with Crippen LogP contribution in [0.25, 0.3) is 0 Å². The van der Waals surface area contributed by atoms with Gasteiger partial charge in [-0.1, -0.05) is 18.2 Å². The lowest BCUT2D eigenvalue weighted by molar-refractivity contribution is -0.119. The molecule has 0 radical (unpaired) electrons. The molecule has 0 fully saturated rings. The van der Waals surface area contributed by atoms with Gasteiger partial charge in [0.25, 0.3) is 0 Å². The summed E-state index contributed by atoms with van der Waals surface area (Å²) in [5.41, 5.74) is 9.04. The van der Waals surface area contributed by atoms with Gasteiger partial charge in [-0.15, -0.1) is 0 Å². The molecule has 0 saturated heterocycles. The molecule has 1 amide bonds. The first-order valence-corrected chi connectivity index (χ1v) is 7.47. The number of hydrogen-bond acceptors (Lipinski definition) is 2. The van der Waals surface area contributed by atoms with Gasteiger partial charge in [-0.05, 0) is 51.7 Å². The van der Waals surface area contributed by atoms with Gasteiger partial charge >= 0.3 is 0 Å². The van der Waals surface area contributed by atoms with Gasteiger partial charge in [-0.2, -0.15) is 0 Å². The van der Waals surface area contributed by atoms with Crippen LogP contribution in [0.4, 0.5) is 15.8 Å². The maximum atomic E-state index is 13.5. The smallest absolute Gasteiger partial charge is 0.227 e. The Morgan fingerprint density at radius 2 is 2.05 bits per heavy atom. The number of carbonyl (C=O) groups is 1. The van der Waals surface area contributed by atoms with Crippen LogP contribution in [0.2, 0.25) is 0 Å². The molecule has 0 bridgehead atoms. The number of carbonyl (C=O) groups excluding carboxylic acids is 1. The maximum Gasteiger partial charge on any atom is 0.227 e. The van der Waals surface area contributed by atoms with Crippen LogP contribution in [0.5, 0.6) is 0 Å². The second kappa shape index (κ2) is 5.48. The zero-order chi connectivity index (χ0) is 15.0. The highest BCUT2D eigenvalue weighted by atomic mass is 79.9. The Bertz CT molecular complexity index is 717. The van der Waals surface area contributed by atoms with Gasteiger partial charge in [0, 0.05) is 16.6 Å². The standard InChI is InChI=1S/C16H14BrFN2O/c17-16-11(2-1-3-13(16)19)9-20-14-8-12(18)6-4-10(14)5-7-15(20)21/h1-4,6,8H,5,7,9,19H2. The Morgan fingerprint density at radius 1 is 1.24 bits per heavy atom. The van der Waals surface area contributed by atoms with Crippen LogP contribution >= 0.6 is 15.9 Å². The SMILES string of the molecule is Nc1cccc(CN2C(=O)CCc3ccc(F)cc32)c1Br. The van der Waals surface area contributed by atoms with Crippen LogP contribution in [-0.2, 0) is 17.8 Å². The minimum atomic E-state index is -0.333. The number of aryl methyl sites for hydroxylation is 1. The van der Waals surface area contributed by atoms with Crippen molar-refractivity contribution in [3.63, 3.8) is 0 Å². The third kappa shape index (κ3) is 2.65. The third-order valence-electron chi connectivity index (χ3n) is 3.68. The minimum Gasteiger partial charge on any atom is -0.398 e. The molecule has 1 aliphatic heterocycles. The second-order valence-corrected chi connectivity index (χ2v) is 5.87. The second-order valence-electron chi connectivity index (χ2n) is 5.07. The summed E-state index contributed by atoms with van der Waals surface area (Å²) in [6, 6.07) is 10.1. The number of halogens is 2.